The monoisotopic (exact) mass is 336 g/mol. The van der Waals surface area contributed by atoms with Gasteiger partial charge in [-0.3, -0.25) is 4.79 Å². The summed E-state index contributed by atoms with van der Waals surface area (Å²) < 4.78 is 16.2. The maximum Gasteiger partial charge on any atom is 0.226 e. The molecule has 1 aromatic heterocycles. The van der Waals surface area contributed by atoms with Gasteiger partial charge in [-0.15, -0.1) is 0 Å². The highest BCUT2D eigenvalue weighted by Gasteiger charge is 2.17. The molecule has 1 N–H and O–H groups in total. The minimum atomic E-state index is -0.0242. The fourth-order valence-electron chi connectivity index (χ4n) is 3.46. The molecule has 2 fully saturated rings. The Labute approximate surface area is 143 Å². The van der Waals surface area contributed by atoms with Crippen molar-refractivity contribution in [3.8, 4) is 0 Å². The van der Waals surface area contributed by atoms with Gasteiger partial charge in [-0.05, 0) is 18.8 Å². The zero-order valence-corrected chi connectivity index (χ0v) is 14.3. The fourth-order valence-corrected chi connectivity index (χ4v) is 3.46. The highest BCUT2D eigenvalue weighted by molar-refractivity contribution is 5.78. The molecule has 2 aliphatic rings. The molecule has 1 aliphatic heterocycles. The second-order valence-electron chi connectivity index (χ2n) is 6.99. The van der Waals surface area contributed by atoms with Crippen LogP contribution < -0.4 is 5.32 Å². The second-order valence-corrected chi connectivity index (χ2v) is 6.99. The Balaban J connectivity index is 1.30. The number of nitrogens with zero attached hydrogens (tertiary/aromatic N) is 1. The van der Waals surface area contributed by atoms with Crippen molar-refractivity contribution in [2.24, 2.45) is 11.8 Å². The summed E-state index contributed by atoms with van der Waals surface area (Å²) in [6, 6.07) is 1.81. The van der Waals surface area contributed by atoms with E-state index in [1.165, 1.54) is 25.7 Å². The molecule has 6 nitrogen and oxygen atoms in total. The highest BCUT2D eigenvalue weighted by atomic mass is 16.5. The lowest BCUT2D eigenvalue weighted by atomic mass is 10.1. The summed E-state index contributed by atoms with van der Waals surface area (Å²) in [5, 5.41) is 6.89. The van der Waals surface area contributed by atoms with E-state index in [0.717, 1.165) is 38.6 Å². The van der Waals surface area contributed by atoms with Gasteiger partial charge in [-0.25, -0.2) is 0 Å². The number of amides is 1. The van der Waals surface area contributed by atoms with Crippen LogP contribution in [-0.4, -0.2) is 37.4 Å². The molecular weight excluding hydrogens is 308 g/mol. The van der Waals surface area contributed by atoms with E-state index in [1.54, 1.807) is 0 Å². The molecule has 0 radical (unpaired) electrons. The van der Waals surface area contributed by atoms with Crippen molar-refractivity contribution in [1.82, 2.24) is 10.5 Å². The number of ether oxygens (including phenoxy) is 2. The Morgan fingerprint density at radius 1 is 1.29 bits per heavy atom. The fraction of sp³-hybridized carbons (Fsp3) is 0.778. The van der Waals surface area contributed by atoms with Crippen molar-refractivity contribution < 1.29 is 18.8 Å². The SMILES string of the molecule is O=C(Cc1cc(COCCC2CCCC2)on1)NCC1CCOC1. The second kappa shape index (κ2) is 9.18. The predicted molar refractivity (Wildman–Crippen MR) is 88.4 cm³/mol. The molecule has 1 saturated carbocycles. The van der Waals surface area contributed by atoms with Gasteiger partial charge in [0.05, 0.1) is 18.7 Å². The Kier molecular flexibility index (Phi) is 6.66. The van der Waals surface area contributed by atoms with E-state index in [-0.39, 0.29) is 12.3 Å². The van der Waals surface area contributed by atoms with E-state index in [4.69, 9.17) is 14.0 Å². The molecule has 0 aromatic carbocycles. The third kappa shape index (κ3) is 5.60. The molecule has 24 heavy (non-hydrogen) atoms. The lowest BCUT2D eigenvalue weighted by Crippen LogP contribution is -2.30. The zero-order chi connectivity index (χ0) is 16.6. The summed E-state index contributed by atoms with van der Waals surface area (Å²) in [6.07, 6.45) is 7.83. The Morgan fingerprint density at radius 2 is 2.17 bits per heavy atom. The molecular formula is C18H28N2O4. The van der Waals surface area contributed by atoms with E-state index >= 15 is 0 Å². The minimum absolute atomic E-state index is 0.0242. The first kappa shape index (κ1) is 17.4. The first-order valence-electron chi connectivity index (χ1n) is 9.16. The summed E-state index contributed by atoms with van der Waals surface area (Å²) in [5.41, 5.74) is 0.657. The minimum Gasteiger partial charge on any atom is -0.381 e. The van der Waals surface area contributed by atoms with Crippen LogP contribution in [0.15, 0.2) is 10.6 Å². The first-order valence-corrected chi connectivity index (χ1v) is 9.16. The lowest BCUT2D eigenvalue weighted by molar-refractivity contribution is -0.120. The number of carbonyl (C=O) groups is 1. The number of hydrogen-bond acceptors (Lipinski definition) is 5. The van der Waals surface area contributed by atoms with E-state index in [9.17, 15) is 4.79 Å². The van der Waals surface area contributed by atoms with E-state index < -0.39 is 0 Å². The maximum absolute atomic E-state index is 11.9. The Bertz CT molecular complexity index is 505. The van der Waals surface area contributed by atoms with Crippen LogP contribution in [0.2, 0.25) is 0 Å². The van der Waals surface area contributed by atoms with Crippen LogP contribution in [0.5, 0.6) is 0 Å². The van der Waals surface area contributed by atoms with Gasteiger partial charge in [0.2, 0.25) is 5.91 Å². The van der Waals surface area contributed by atoms with Crippen LogP contribution in [0.25, 0.3) is 0 Å². The summed E-state index contributed by atoms with van der Waals surface area (Å²) in [6.45, 7) is 3.42. The summed E-state index contributed by atoms with van der Waals surface area (Å²) in [7, 11) is 0. The average Bonchev–Trinajstić information content (AvgIpc) is 3.32. The highest BCUT2D eigenvalue weighted by Crippen LogP contribution is 2.27. The average molecular weight is 336 g/mol. The van der Waals surface area contributed by atoms with Crippen molar-refractivity contribution in [2.45, 2.75) is 51.6 Å². The van der Waals surface area contributed by atoms with Gasteiger partial charge >= 0.3 is 0 Å². The van der Waals surface area contributed by atoms with Gasteiger partial charge in [0.15, 0.2) is 5.76 Å². The molecule has 1 amide bonds. The first-order chi connectivity index (χ1) is 11.8. The number of nitrogens with one attached hydrogen (secondary N) is 1. The Morgan fingerprint density at radius 3 is 2.96 bits per heavy atom. The molecule has 1 aliphatic carbocycles. The topological polar surface area (TPSA) is 73.6 Å². The van der Waals surface area contributed by atoms with Gasteiger partial charge in [-0.1, -0.05) is 30.8 Å². The van der Waals surface area contributed by atoms with Gasteiger partial charge in [-0.2, -0.15) is 0 Å². The molecule has 1 atom stereocenters. The third-order valence-electron chi connectivity index (χ3n) is 4.95. The lowest BCUT2D eigenvalue weighted by Gasteiger charge is -2.08. The van der Waals surface area contributed by atoms with Crippen molar-refractivity contribution in [2.75, 3.05) is 26.4 Å². The molecule has 6 heteroatoms. The van der Waals surface area contributed by atoms with Gasteiger partial charge < -0.3 is 19.3 Å². The predicted octanol–water partition coefficient (Wildman–Crippen LogP) is 2.47. The van der Waals surface area contributed by atoms with Gasteiger partial charge in [0.1, 0.15) is 6.61 Å². The third-order valence-corrected chi connectivity index (χ3v) is 4.95. The van der Waals surface area contributed by atoms with Crippen LogP contribution in [-0.2, 0) is 27.3 Å². The van der Waals surface area contributed by atoms with Crippen LogP contribution >= 0.6 is 0 Å². The van der Waals surface area contributed by atoms with Crippen LogP contribution in [0, 0.1) is 11.8 Å². The van der Waals surface area contributed by atoms with Crippen molar-refractivity contribution in [3.63, 3.8) is 0 Å². The van der Waals surface area contributed by atoms with Crippen LogP contribution in [0.4, 0.5) is 0 Å². The van der Waals surface area contributed by atoms with Crippen LogP contribution in [0.3, 0.4) is 0 Å². The van der Waals surface area contributed by atoms with E-state index in [2.05, 4.69) is 10.5 Å². The normalized spacial score (nSPS) is 21.4. The Hall–Kier alpha value is -1.40. The molecule has 134 valence electrons. The summed E-state index contributed by atoms with van der Waals surface area (Å²) in [4.78, 5) is 11.9. The number of carbonyl (C=O) groups excluding carboxylic acids is 1. The molecule has 2 heterocycles. The molecule has 1 unspecified atom stereocenters. The summed E-state index contributed by atoms with van der Waals surface area (Å²) in [5.74, 6) is 1.94. The number of rotatable bonds is 9. The van der Waals surface area contributed by atoms with Crippen molar-refractivity contribution in [1.29, 1.82) is 0 Å². The smallest absolute Gasteiger partial charge is 0.226 e. The van der Waals surface area contributed by atoms with Gasteiger partial charge in [0, 0.05) is 31.7 Å². The standard InChI is InChI=1S/C18H28N2O4/c21-18(19-11-15-6-8-22-12-15)10-16-9-17(24-20-16)13-23-7-5-14-3-1-2-4-14/h9,14-15H,1-8,10-13H2,(H,19,21). The molecule has 1 aromatic rings. The van der Waals surface area contributed by atoms with Crippen molar-refractivity contribution in [3.05, 3.63) is 17.5 Å². The van der Waals surface area contributed by atoms with E-state index in [0.29, 0.717) is 30.5 Å². The molecule has 0 spiro atoms. The number of aromatic nitrogens is 1. The van der Waals surface area contributed by atoms with E-state index in [1.807, 2.05) is 6.07 Å². The maximum atomic E-state index is 11.9. The quantitative estimate of drug-likeness (QED) is 0.701. The largest absolute Gasteiger partial charge is 0.381 e. The zero-order valence-electron chi connectivity index (χ0n) is 14.3. The van der Waals surface area contributed by atoms with Crippen molar-refractivity contribution >= 4 is 5.91 Å². The number of hydrogen-bond donors (Lipinski definition) is 1. The summed E-state index contributed by atoms with van der Waals surface area (Å²) >= 11 is 0. The molecule has 1 saturated heterocycles. The van der Waals surface area contributed by atoms with Gasteiger partial charge in [0.25, 0.3) is 0 Å². The molecule has 0 bridgehead atoms. The van der Waals surface area contributed by atoms with Crippen LogP contribution in [0.1, 0.15) is 50.0 Å². The molecule has 3 rings (SSSR count).